The standard InChI is InChI=1S/C25H31N3O5/c1-16(22(29)27-19-11-8-12-20(14-19)32-5)26-23(30)21-13-17-9-6-7-10-18(17)15-28(21)24(31)33-25(2,3)4/h6-12,14,16,21H,13,15H2,1-5H3,(H,26,30)(H,27,29)/t16-,21+/m0/s1. The maximum Gasteiger partial charge on any atom is 0.411 e. The fourth-order valence-electron chi connectivity index (χ4n) is 3.60. The van der Waals surface area contributed by atoms with Crippen LogP contribution in [-0.2, 0) is 27.3 Å². The molecular weight excluding hydrogens is 422 g/mol. The van der Waals surface area contributed by atoms with E-state index in [1.54, 1.807) is 59.1 Å². The number of carbonyl (C=O) groups excluding carboxylic acids is 3. The molecule has 33 heavy (non-hydrogen) atoms. The van der Waals surface area contributed by atoms with Crippen LogP contribution >= 0.6 is 0 Å². The molecule has 176 valence electrons. The molecule has 0 aromatic heterocycles. The van der Waals surface area contributed by atoms with Crippen LogP contribution < -0.4 is 15.4 Å². The number of hydrogen-bond acceptors (Lipinski definition) is 5. The molecule has 2 aromatic carbocycles. The van der Waals surface area contributed by atoms with Crippen LogP contribution in [0.4, 0.5) is 10.5 Å². The Morgan fingerprint density at radius 1 is 1.06 bits per heavy atom. The smallest absolute Gasteiger partial charge is 0.411 e. The van der Waals surface area contributed by atoms with Crippen LogP contribution in [-0.4, -0.2) is 47.6 Å². The molecule has 0 fully saturated rings. The number of methoxy groups -OCH3 is 1. The quantitative estimate of drug-likeness (QED) is 0.722. The summed E-state index contributed by atoms with van der Waals surface area (Å²) in [5.41, 5.74) is 1.82. The number of nitrogens with one attached hydrogen (secondary N) is 2. The van der Waals surface area contributed by atoms with Gasteiger partial charge in [0.1, 0.15) is 23.4 Å². The Hall–Kier alpha value is -3.55. The molecule has 1 heterocycles. The van der Waals surface area contributed by atoms with Gasteiger partial charge in [0.05, 0.1) is 13.7 Å². The highest BCUT2D eigenvalue weighted by atomic mass is 16.6. The summed E-state index contributed by atoms with van der Waals surface area (Å²) in [5.74, 6) is -0.182. The zero-order valence-corrected chi connectivity index (χ0v) is 19.7. The van der Waals surface area contributed by atoms with Gasteiger partial charge in [-0.2, -0.15) is 0 Å². The first kappa shape index (κ1) is 24.1. The van der Waals surface area contributed by atoms with Gasteiger partial charge in [-0.15, -0.1) is 0 Å². The van der Waals surface area contributed by atoms with Gasteiger partial charge >= 0.3 is 6.09 Å². The van der Waals surface area contributed by atoms with Crippen molar-refractivity contribution in [2.24, 2.45) is 0 Å². The Kier molecular flexibility index (Phi) is 7.26. The number of benzene rings is 2. The van der Waals surface area contributed by atoms with Gasteiger partial charge in [0.25, 0.3) is 0 Å². The molecule has 0 radical (unpaired) electrons. The van der Waals surface area contributed by atoms with E-state index >= 15 is 0 Å². The number of rotatable bonds is 5. The molecular formula is C25H31N3O5. The van der Waals surface area contributed by atoms with E-state index in [1.165, 1.54) is 4.90 Å². The first-order valence-corrected chi connectivity index (χ1v) is 10.9. The van der Waals surface area contributed by atoms with Gasteiger partial charge in [0, 0.05) is 18.2 Å². The number of carbonyl (C=O) groups is 3. The minimum atomic E-state index is -0.818. The van der Waals surface area contributed by atoms with E-state index in [9.17, 15) is 14.4 Å². The second-order valence-electron chi connectivity index (χ2n) is 9.05. The summed E-state index contributed by atoms with van der Waals surface area (Å²) in [4.78, 5) is 40.2. The van der Waals surface area contributed by atoms with Gasteiger partial charge in [-0.05, 0) is 51.0 Å². The lowest BCUT2D eigenvalue weighted by Crippen LogP contribution is -2.56. The third kappa shape index (κ3) is 6.25. The first-order chi connectivity index (χ1) is 15.6. The molecule has 2 aromatic rings. The zero-order valence-electron chi connectivity index (χ0n) is 19.7. The minimum absolute atomic E-state index is 0.258. The molecule has 0 unspecified atom stereocenters. The van der Waals surface area contributed by atoms with Gasteiger partial charge in [-0.3, -0.25) is 14.5 Å². The Morgan fingerprint density at radius 2 is 1.76 bits per heavy atom. The number of hydrogen-bond donors (Lipinski definition) is 2. The summed E-state index contributed by atoms with van der Waals surface area (Å²) in [6, 6.07) is 13.0. The summed E-state index contributed by atoms with van der Waals surface area (Å²) in [7, 11) is 1.54. The number of anilines is 1. The summed E-state index contributed by atoms with van der Waals surface area (Å²) in [6.07, 6.45) is -0.225. The van der Waals surface area contributed by atoms with E-state index in [1.807, 2.05) is 24.3 Å². The predicted molar refractivity (Wildman–Crippen MR) is 125 cm³/mol. The third-order valence-electron chi connectivity index (χ3n) is 5.27. The van der Waals surface area contributed by atoms with Crippen molar-refractivity contribution in [1.82, 2.24) is 10.2 Å². The monoisotopic (exact) mass is 453 g/mol. The average Bonchev–Trinajstić information content (AvgIpc) is 2.77. The fraction of sp³-hybridized carbons (Fsp3) is 0.400. The largest absolute Gasteiger partial charge is 0.497 e. The molecule has 3 rings (SSSR count). The summed E-state index contributed by atoms with van der Waals surface area (Å²) in [5, 5.41) is 5.51. The van der Waals surface area contributed by atoms with E-state index in [-0.39, 0.29) is 12.5 Å². The van der Waals surface area contributed by atoms with Gasteiger partial charge in [-0.25, -0.2) is 4.79 Å². The Bertz CT molecular complexity index is 1030. The predicted octanol–water partition coefficient (Wildman–Crippen LogP) is 3.50. The van der Waals surface area contributed by atoms with Gasteiger partial charge < -0.3 is 20.1 Å². The number of ether oxygens (including phenoxy) is 2. The van der Waals surface area contributed by atoms with E-state index in [0.29, 0.717) is 17.9 Å². The van der Waals surface area contributed by atoms with Crippen molar-refractivity contribution in [3.8, 4) is 5.75 Å². The Balaban J connectivity index is 1.73. The fourth-order valence-corrected chi connectivity index (χ4v) is 3.60. The average molecular weight is 454 g/mol. The topological polar surface area (TPSA) is 97.0 Å². The molecule has 0 saturated heterocycles. The molecule has 2 N–H and O–H groups in total. The molecule has 0 aliphatic carbocycles. The summed E-state index contributed by atoms with van der Waals surface area (Å²) in [6.45, 7) is 7.20. The maximum atomic E-state index is 13.2. The molecule has 0 spiro atoms. The third-order valence-corrected chi connectivity index (χ3v) is 5.27. The molecule has 2 atom stereocenters. The van der Waals surface area contributed by atoms with E-state index in [0.717, 1.165) is 11.1 Å². The highest BCUT2D eigenvalue weighted by Gasteiger charge is 2.37. The van der Waals surface area contributed by atoms with Crippen molar-refractivity contribution in [3.05, 3.63) is 59.7 Å². The normalized spacial score (nSPS) is 16.3. The van der Waals surface area contributed by atoms with Crippen molar-refractivity contribution in [2.45, 2.75) is 58.3 Å². The van der Waals surface area contributed by atoms with Crippen LogP contribution in [0.25, 0.3) is 0 Å². The summed E-state index contributed by atoms with van der Waals surface area (Å²) >= 11 is 0. The molecule has 1 aliphatic rings. The number of fused-ring (bicyclic) bond motifs is 1. The second kappa shape index (κ2) is 9.94. The summed E-state index contributed by atoms with van der Waals surface area (Å²) < 4.78 is 10.7. The molecule has 8 heteroatoms. The Labute approximate surface area is 194 Å². The first-order valence-electron chi connectivity index (χ1n) is 10.9. The van der Waals surface area contributed by atoms with Crippen LogP contribution in [0.1, 0.15) is 38.8 Å². The van der Waals surface area contributed by atoms with Crippen molar-refractivity contribution >= 4 is 23.6 Å². The van der Waals surface area contributed by atoms with Gasteiger partial charge in [0.2, 0.25) is 11.8 Å². The van der Waals surface area contributed by atoms with Crippen LogP contribution in [0.15, 0.2) is 48.5 Å². The second-order valence-corrected chi connectivity index (χ2v) is 9.05. The van der Waals surface area contributed by atoms with Gasteiger partial charge in [0.15, 0.2) is 0 Å². The van der Waals surface area contributed by atoms with Crippen molar-refractivity contribution in [3.63, 3.8) is 0 Å². The number of nitrogens with zero attached hydrogens (tertiary/aromatic N) is 1. The molecule has 0 saturated carbocycles. The lowest BCUT2D eigenvalue weighted by molar-refractivity contribution is -0.130. The zero-order chi connectivity index (χ0) is 24.2. The van der Waals surface area contributed by atoms with Gasteiger partial charge in [-0.1, -0.05) is 30.3 Å². The highest BCUT2D eigenvalue weighted by molar-refractivity contribution is 5.98. The molecule has 3 amide bonds. The highest BCUT2D eigenvalue weighted by Crippen LogP contribution is 2.25. The maximum absolute atomic E-state index is 13.2. The van der Waals surface area contributed by atoms with Crippen molar-refractivity contribution in [2.75, 3.05) is 12.4 Å². The van der Waals surface area contributed by atoms with E-state index < -0.39 is 29.7 Å². The molecule has 1 aliphatic heterocycles. The van der Waals surface area contributed by atoms with E-state index in [4.69, 9.17) is 9.47 Å². The van der Waals surface area contributed by atoms with Crippen LogP contribution in [0, 0.1) is 0 Å². The van der Waals surface area contributed by atoms with Crippen molar-refractivity contribution < 1.29 is 23.9 Å². The lowest BCUT2D eigenvalue weighted by atomic mass is 9.93. The SMILES string of the molecule is COc1cccc(NC(=O)[C@H](C)NC(=O)[C@H]2Cc3ccccc3CN2C(=O)OC(C)(C)C)c1. The Morgan fingerprint density at radius 3 is 2.42 bits per heavy atom. The van der Waals surface area contributed by atoms with E-state index in [2.05, 4.69) is 10.6 Å². The van der Waals surface area contributed by atoms with Crippen molar-refractivity contribution in [1.29, 1.82) is 0 Å². The minimum Gasteiger partial charge on any atom is -0.497 e. The number of amides is 3. The molecule has 0 bridgehead atoms. The van der Waals surface area contributed by atoms with Crippen LogP contribution in [0.5, 0.6) is 5.75 Å². The van der Waals surface area contributed by atoms with Crippen LogP contribution in [0.2, 0.25) is 0 Å². The lowest BCUT2D eigenvalue weighted by Gasteiger charge is -2.37. The van der Waals surface area contributed by atoms with Crippen LogP contribution in [0.3, 0.4) is 0 Å². The molecule has 8 nitrogen and oxygen atoms in total.